The fraction of sp³-hybridized carbons (Fsp3) is 0.476. The van der Waals surface area contributed by atoms with Gasteiger partial charge in [-0.3, -0.25) is 18.5 Å². The summed E-state index contributed by atoms with van der Waals surface area (Å²) >= 11 is 0. The number of ether oxygens (including phenoxy) is 1. The van der Waals surface area contributed by atoms with Gasteiger partial charge >= 0.3 is 5.69 Å². The number of methoxy groups -OCH3 is 1. The Morgan fingerprint density at radius 2 is 1.90 bits per heavy atom. The van der Waals surface area contributed by atoms with Gasteiger partial charge in [-0.25, -0.2) is 4.79 Å². The molecular weight excluding hydrogens is 386 g/mol. The van der Waals surface area contributed by atoms with Gasteiger partial charge in [0, 0.05) is 32.7 Å². The molecule has 3 aromatic rings. The highest BCUT2D eigenvalue weighted by Gasteiger charge is 2.29. The quantitative estimate of drug-likeness (QED) is 0.627. The molecule has 0 radical (unpaired) electrons. The van der Waals surface area contributed by atoms with Crippen LogP contribution in [0.4, 0.5) is 5.95 Å². The average molecular weight is 413 g/mol. The smallest absolute Gasteiger partial charge is 0.332 e. The number of nitrogens with one attached hydrogen (secondary N) is 1. The van der Waals surface area contributed by atoms with Crippen molar-refractivity contribution in [1.82, 2.24) is 18.7 Å². The molecule has 2 atom stereocenters. The molecule has 1 aromatic carbocycles. The highest BCUT2D eigenvalue weighted by atomic mass is 16.5. The highest BCUT2D eigenvalue weighted by molar-refractivity contribution is 5.74. The molecule has 9 heteroatoms. The summed E-state index contributed by atoms with van der Waals surface area (Å²) in [6.45, 7) is 0.517. The predicted octanol–water partition coefficient (Wildman–Crippen LogP) is 1.06. The van der Waals surface area contributed by atoms with Crippen LogP contribution in [0.5, 0.6) is 5.75 Å². The van der Waals surface area contributed by atoms with Crippen LogP contribution in [0.15, 0.2) is 33.9 Å². The van der Waals surface area contributed by atoms with Crippen molar-refractivity contribution in [3.8, 4) is 5.75 Å². The SMILES string of the molecule is COc1ccc(Cn2c(NC3CCCC3CO)nc3c2c(=O)n(C)c(=O)n3C)cc1. The Labute approximate surface area is 173 Å². The first-order chi connectivity index (χ1) is 14.4. The van der Waals surface area contributed by atoms with Crippen molar-refractivity contribution in [2.24, 2.45) is 20.0 Å². The van der Waals surface area contributed by atoms with Gasteiger partial charge in [-0.15, -0.1) is 0 Å². The van der Waals surface area contributed by atoms with E-state index in [1.165, 1.54) is 11.6 Å². The van der Waals surface area contributed by atoms with Crippen molar-refractivity contribution < 1.29 is 9.84 Å². The minimum absolute atomic E-state index is 0.0716. The van der Waals surface area contributed by atoms with E-state index in [4.69, 9.17) is 4.74 Å². The molecule has 30 heavy (non-hydrogen) atoms. The zero-order valence-corrected chi connectivity index (χ0v) is 17.5. The summed E-state index contributed by atoms with van der Waals surface area (Å²) in [5, 5.41) is 13.1. The number of imidazole rings is 1. The predicted molar refractivity (Wildman–Crippen MR) is 114 cm³/mol. The topological polar surface area (TPSA) is 103 Å². The lowest BCUT2D eigenvalue weighted by atomic mass is 10.1. The molecule has 1 fully saturated rings. The van der Waals surface area contributed by atoms with Gasteiger partial charge in [0.15, 0.2) is 11.2 Å². The standard InChI is InChI=1S/C21H27N5O4/c1-24-18-17(19(28)25(2)21(24)29)26(11-13-7-9-15(30-3)10-8-13)20(23-18)22-16-6-4-5-14(16)12-27/h7-10,14,16,27H,4-6,11-12H2,1-3H3,(H,22,23). The van der Waals surface area contributed by atoms with E-state index >= 15 is 0 Å². The molecule has 0 spiro atoms. The second-order valence-electron chi connectivity index (χ2n) is 7.87. The molecule has 2 unspecified atom stereocenters. The van der Waals surface area contributed by atoms with Gasteiger partial charge in [0.05, 0.1) is 13.7 Å². The van der Waals surface area contributed by atoms with Crippen LogP contribution in [-0.4, -0.2) is 43.6 Å². The Bertz CT molecular complexity index is 1180. The molecule has 2 aromatic heterocycles. The molecule has 0 aliphatic heterocycles. The highest BCUT2D eigenvalue weighted by Crippen LogP contribution is 2.29. The zero-order chi connectivity index (χ0) is 21.4. The number of hydrogen-bond donors (Lipinski definition) is 2. The molecule has 1 aliphatic carbocycles. The first-order valence-corrected chi connectivity index (χ1v) is 10.1. The Hall–Kier alpha value is -3.07. The molecule has 2 N–H and O–H groups in total. The van der Waals surface area contributed by atoms with E-state index in [0.717, 1.165) is 35.1 Å². The second-order valence-corrected chi connectivity index (χ2v) is 7.87. The number of benzene rings is 1. The van der Waals surface area contributed by atoms with Crippen molar-refractivity contribution in [2.45, 2.75) is 31.8 Å². The van der Waals surface area contributed by atoms with Crippen molar-refractivity contribution in [1.29, 1.82) is 0 Å². The van der Waals surface area contributed by atoms with Crippen LogP contribution >= 0.6 is 0 Å². The van der Waals surface area contributed by atoms with Crippen LogP contribution in [0.2, 0.25) is 0 Å². The minimum Gasteiger partial charge on any atom is -0.497 e. The van der Waals surface area contributed by atoms with Gasteiger partial charge in [-0.1, -0.05) is 18.6 Å². The summed E-state index contributed by atoms with van der Waals surface area (Å²) in [5.41, 5.74) is 0.892. The van der Waals surface area contributed by atoms with E-state index in [9.17, 15) is 14.7 Å². The molecular formula is C21H27N5O4. The Kier molecular flexibility index (Phi) is 5.38. The van der Waals surface area contributed by atoms with Crippen LogP contribution in [0.3, 0.4) is 0 Å². The minimum atomic E-state index is -0.415. The first-order valence-electron chi connectivity index (χ1n) is 10.1. The maximum Gasteiger partial charge on any atom is 0.332 e. The Balaban J connectivity index is 1.85. The van der Waals surface area contributed by atoms with E-state index in [0.29, 0.717) is 23.7 Å². The van der Waals surface area contributed by atoms with Crippen molar-refractivity contribution in [3.05, 3.63) is 50.7 Å². The lowest BCUT2D eigenvalue weighted by Gasteiger charge is -2.20. The maximum atomic E-state index is 13.0. The molecule has 1 aliphatic rings. The normalized spacial score (nSPS) is 18.8. The lowest BCUT2D eigenvalue weighted by molar-refractivity contribution is 0.222. The van der Waals surface area contributed by atoms with E-state index < -0.39 is 5.69 Å². The van der Waals surface area contributed by atoms with Crippen LogP contribution in [0, 0.1) is 5.92 Å². The number of hydrogen-bond acceptors (Lipinski definition) is 6. The Morgan fingerprint density at radius 3 is 2.57 bits per heavy atom. The van der Waals surface area contributed by atoms with Gasteiger partial charge in [0.25, 0.3) is 5.56 Å². The summed E-state index contributed by atoms with van der Waals surface area (Å²) in [5.74, 6) is 1.43. The van der Waals surface area contributed by atoms with E-state index in [-0.39, 0.29) is 24.1 Å². The largest absolute Gasteiger partial charge is 0.497 e. The van der Waals surface area contributed by atoms with E-state index in [1.54, 1.807) is 14.2 Å². The number of rotatable bonds is 6. The third kappa shape index (κ3) is 3.39. The van der Waals surface area contributed by atoms with Crippen molar-refractivity contribution >= 4 is 17.1 Å². The van der Waals surface area contributed by atoms with Crippen LogP contribution < -0.4 is 21.3 Å². The second kappa shape index (κ2) is 7.98. The molecule has 160 valence electrons. The molecule has 0 saturated heterocycles. The van der Waals surface area contributed by atoms with Gasteiger partial charge in [0.2, 0.25) is 5.95 Å². The maximum absolute atomic E-state index is 13.0. The number of nitrogens with zero attached hydrogens (tertiary/aromatic N) is 4. The lowest BCUT2D eigenvalue weighted by Crippen LogP contribution is -2.37. The van der Waals surface area contributed by atoms with Gasteiger partial charge in [0.1, 0.15) is 5.75 Å². The fourth-order valence-electron chi connectivity index (χ4n) is 4.24. The first kappa shape index (κ1) is 20.2. The van der Waals surface area contributed by atoms with Gasteiger partial charge < -0.3 is 15.2 Å². The molecule has 4 rings (SSSR count). The molecule has 1 saturated carbocycles. The van der Waals surface area contributed by atoms with Crippen molar-refractivity contribution in [2.75, 3.05) is 19.0 Å². The average Bonchev–Trinajstić information content (AvgIpc) is 3.36. The fourth-order valence-corrected chi connectivity index (χ4v) is 4.24. The number of anilines is 1. The summed E-state index contributed by atoms with van der Waals surface area (Å²) in [4.78, 5) is 30.0. The summed E-state index contributed by atoms with van der Waals surface area (Å²) in [7, 11) is 4.70. The number of aliphatic hydroxyl groups is 1. The van der Waals surface area contributed by atoms with Crippen molar-refractivity contribution in [3.63, 3.8) is 0 Å². The molecule has 0 bridgehead atoms. The third-order valence-corrected chi connectivity index (χ3v) is 6.06. The molecule has 0 amide bonds. The summed E-state index contributed by atoms with van der Waals surface area (Å²) in [6.07, 6.45) is 2.91. The summed E-state index contributed by atoms with van der Waals surface area (Å²) in [6, 6.07) is 7.68. The Morgan fingerprint density at radius 1 is 1.17 bits per heavy atom. The third-order valence-electron chi connectivity index (χ3n) is 6.06. The number of aliphatic hydroxyl groups excluding tert-OH is 1. The van der Waals surface area contributed by atoms with Crippen LogP contribution in [0.25, 0.3) is 11.2 Å². The number of aromatic nitrogens is 4. The van der Waals surface area contributed by atoms with Crippen LogP contribution in [0.1, 0.15) is 24.8 Å². The van der Waals surface area contributed by atoms with Crippen LogP contribution in [-0.2, 0) is 20.6 Å². The van der Waals surface area contributed by atoms with E-state index in [1.807, 2.05) is 28.8 Å². The molecule has 2 heterocycles. The molecule has 9 nitrogen and oxygen atoms in total. The van der Waals surface area contributed by atoms with Gasteiger partial charge in [-0.05, 0) is 30.5 Å². The van der Waals surface area contributed by atoms with E-state index in [2.05, 4.69) is 10.3 Å². The zero-order valence-electron chi connectivity index (χ0n) is 17.5. The monoisotopic (exact) mass is 413 g/mol. The number of fused-ring (bicyclic) bond motifs is 1. The van der Waals surface area contributed by atoms with Gasteiger partial charge in [-0.2, -0.15) is 4.98 Å². The number of aryl methyl sites for hydroxylation is 1. The summed E-state index contributed by atoms with van der Waals surface area (Å²) < 4.78 is 9.55.